The van der Waals surface area contributed by atoms with E-state index < -0.39 is 0 Å². The topological polar surface area (TPSA) is 18.5 Å². The van der Waals surface area contributed by atoms with Crippen LogP contribution in [0.3, 0.4) is 0 Å². The molecule has 2 fully saturated rings. The van der Waals surface area contributed by atoms with Gasteiger partial charge in [-0.15, -0.1) is 0 Å². The molecule has 2 nitrogen and oxygen atoms in total. The van der Waals surface area contributed by atoms with E-state index >= 15 is 0 Å². The zero-order valence-corrected chi connectivity index (χ0v) is 9.37. The molecule has 0 N–H and O–H groups in total. The maximum atomic E-state index is 6.01. The maximum absolute atomic E-state index is 6.01. The molecule has 1 saturated heterocycles. The first-order chi connectivity index (χ1) is 6.77. The van der Waals surface area contributed by atoms with Gasteiger partial charge in [-0.1, -0.05) is 25.7 Å². The van der Waals surface area contributed by atoms with E-state index in [-0.39, 0.29) is 12.2 Å². The number of fused-ring (bicyclic) bond motifs is 1. The molecule has 0 amide bonds. The van der Waals surface area contributed by atoms with Crippen LogP contribution in [0, 0.1) is 0 Å². The van der Waals surface area contributed by atoms with Gasteiger partial charge in [-0.25, -0.2) is 0 Å². The monoisotopic (exact) mass is 198 g/mol. The molecule has 0 aromatic heterocycles. The summed E-state index contributed by atoms with van der Waals surface area (Å²) < 4.78 is 12.0. The van der Waals surface area contributed by atoms with Crippen molar-refractivity contribution in [3.8, 4) is 0 Å². The molecular weight excluding hydrogens is 176 g/mol. The lowest BCUT2D eigenvalue weighted by Crippen LogP contribution is -2.47. The number of hydrogen-bond acceptors (Lipinski definition) is 2. The highest BCUT2D eigenvalue weighted by Gasteiger charge is 2.34. The molecule has 2 aliphatic rings. The minimum atomic E-state index is 0.274. The standard InChI is InChI=1S/C12H22O2/c1-9-10(2)14-12-8-6-4-3-5-7-11(12)13-9/h9-12H,3-8H2,1-2H3. The average molecular weight is 198 g/mol. The lowest BCUT2D eigenvalue weighted by molar-refractivity contribution is -0.214. The van der Waals surface area contributed by atoms with Crippen molar-refractivity contribution in [2.45, 2.75) is 76.8 Å². The van der Waals surface area contributed by atoms with Crippen LogP contribution in [0.2, 0.25) is 0 Å². The Morgan fingerprint density at radius 2 is 1.14 bits per heavy atom. The second-order valence-electron chi connectivity index (χ2n) is 4.75. The Balaban J connectivity index is 1.95. The zero-order valence-electron chi connectivity index (χ0n) is 9.37. The van der Waals surface area contributed by atoms with Crippen molar-refractivity contribution in [3.63, 3.8) is 0 Å². The van der Waals surface area contributed by atoms with Crippen LogP contribution < -0.4 is 0 Å². The van der Waals surface area contributed by atoms with E-state index in [0.29, 0.717) is 12.2 Å². The summed E-state index contributed by atoms with van der Waals surface area (Å²) >= 11 is 0. The second-order valence-corrected chi connectivity index (χ2v) is 4.75. The van der Waals surface area contributed by atoms with E-state index in [1.807, 2.05) is 0 Å². The summed E-state index contributed by atoms with van der Waals surface area (Å²) in [4.78, 5) is 0. The van der Waals surface area contributed by atoms with Crippen molar-refractivity contribution in [3.05, 3.63) is 0 Å². The van der Waals surface area contributed by atoms with E-state index in [9.17, 15) is 0 Å². The van der Waals surface area contributed by atoms with Crippen molar-refractivity contribution < 1.29 is 9.47 Å². The molecule has 1 aliphatic heterocycles. The zero-order chi connectivity index (χ0) is 9.97. The molecule has 0 aromatic carbocycles. The van der Waals surface area contributed by atoms with E-state index in [2.05, 4.69) is 13.8 Å². The Hall–Kier alpha value is -0.0800. The lowest BCUT2D eigenvalue weighted by Gasteiger charge is -2.40. The average Bonchev–Trinajstić information content (AvgIpc) is 2.13. The fourth-order valence-electron chi connectivity index (χ4n) is 2.50. The third-order valence-corrected chi connectivity index (χ3v) is 3.58. The Kier molecular flexibility index (Phi) is 3.45. The summed E-state index contributed by atoms with van der Waals surface area (Å²) in [7, 11) is 0. The number of hydrogen-bond donors (Lipinski definition) is 0. The number of ether oxygens (including phenoxy) is 2. The predicted molar refractivity (Wildman–Crippen MR) is 56.4 cm³/mol. The quantitative estimate of drug-likeness (QED) is 0.596. The van der Waals surface area contributed by atoms with E-state index in [1.54, 1.807) is 0 Å². The molecule has 2 rings (SSSR count). The number of rotatable bonds is 0. The van der Waals surface area contributed by atoms with Crippen LogP contribution >= 0.6 is 0 Å². The van der Waals surface area contributed by atoms with Crippen LogP contribution in [0.5, 0.6) is 0 Å². The van der Waals surface area contributed by atoms with Gasteiger partial charge in [0.05, 0.1) is 24.4 Å². The Morgan fingerprint density at radius 3 is 1.57 bits per heavy atom. The van der Waals surface area contributed by atoms with Gasteiger partial charge in [0, 0.05) is 0 Å². The Labute approximate surface area is 87.0 Å². The van der Waals surface area contributed by atoms with E-state index in [4.69, 9.17) is 9.47 Å². The van der Waals surface area contributed by atoms with Crippen molar-refractivity contribution >= 4 is 0 Å². The smallest absolute Gasteiger partial charge is 0.0841 e. The second kappa shape index (κ2) is 4.63. The van der Waals surface area contributed by atoms with Crippen molar-refractivity contribution in [1.29, 1.82) is 0 Å². The van der Waals surface area contributed by atoms with Gasteiger partial charge in [-0.05, 0) is 26.7 Å². The molecule has 0 spiro atoms. The fourth-order valence-corrected chi connectivity index (χ4v) is 2.50. The first kappa shape index (κ1) is 10.4. The van der Waals surface area contributed by atoms with Crippen LogP contribution in [0.4, 0.5) is 0 Å². The SMILES string of the molecule is CC1OC2CCCCCCC2OC1C. The van der Waals surface area contributed by atoms with Gasteiger partial charge in [0.1, 0.15) is 0 Å². The van der Waals surface area contributed by atoms with E-state index in [0.717, 1.165) is 0 Å². The minimum absolute atomic E-state index is 0.274. The summed E-state index contributed by atoms with van der Waals surface area (Å²) in [5.41, 5.74) is 0. The maximum Gasteiger partial charge on any atom is 0.0841 e. The van der Waals surface area contributed by atoms with Crippen LogP contribution in [-0.4, -0.2) is 24.4 Å². The summed E-state index contributed by atoms with van der Waals surface area (Å²) in [5, 5.41) is 0. The van der Waals surface area contributed by atoms with Gasteiger partial charge in [0.15, 0.2) is 0 Å². The van der Waals surface area contributed by atoms with Crippen molar-refractivity contribution in [2.24, 2.45) is 0 Å². The van der Waals surface area contributed by atoms with Crippen molar-refractivity contribution in [1.82, 2.24) is 0 Å². The highest BCUT2D eigenvalue weighted by Crippen LogP contribution is 2.29. The van der Waals surface area contributed by atoms with Crippen LogP contribution in [0.15, 0.2) is 0 Å². The molecular formula is C12H22O2. The molecule has 4 atom stereocenters. The van der Waals surface area contributed by atoms with Gasteiger partial charge in [0.25, 0.3) is 0 Å². The molecule has 1 heterocycles. The summed E-state index contributed by atoms with van der Waals surface area (Å²) in [6.07, 6.45) is 9.06. The summed E-state index contributed by atoms with van der Waals surface area (Å²) in [6.45, 7) is 4.25. The highest BCUT2D eigenvalue weighted by atomic mass is 16.6. The molecule has 4 unspecified atom stereocenters. The van der Waals surface area contributed by atoms with Gasteiger partial charge in [0.2, 0.25) is 0 Å². The molecule has 0 aromatic rings. The summed E-state index contributed by atoms with van der Waals surface area (Å²) in [6, 6.07) is 0. The molecule has 1 aliphatic carbocycles. The predicted octanol–water partition coefficient (Wildman–Crippen LogP) is 2.90. The van der Waals surface area contributed by atoms with Crippen LogP contribution in [-0.2, 0) is 9.47 Å². The minimum Gasteiger partial charge on any atom is -0.370 e. The van der Waals surface area contributed by atoms with Gasteiger partial charge >= 0.3 is 0 Å². The molecule has 0 bridgehead atoms. The van der Waals surface area contributed by atoms with E-state index in [1.165, 1.54) is 38.5 Å². The van der Waals surface area contributed by atoms with Crippen molar-refractivity contribution in [2.75, 3.05) is 0 Å². The lowest BCUT2D eigenvalue weighted by atomic mass is 9.94. The van der Waals surface area contributed by atoms with Gasteiger partial charge in [-0.2, -0.15) is 0 Å². The molecule has 14 heavy (non-hydrogen) atoms. The summed E-state index contributed by atoms with van der Waals surface area (Å²) in [5.74, 6) is 0. The molecule has 1 saturated carbocycles. The Bertz CT molecular complexity index is 161. The third kappa shape index (κ3) is 2.29. The first-order valence-electron chi connectivity index (χ1n) is 6.08. The first-order valence-corrected chi connectivity index (χ1v) is 6.08. The highest BCUT2D eigenvalue weighted by molar-refractivity contribution is 4.81. The van der Waals surface area contributed by atoms with Gasteiger partial charge < -0.3 is 9.47 Å². The third-order valence-electron chi connectivity index (χ3n) is 3.58. The van der Waals surface area contributed by atoms with Crippen LogP contribution in [0.25, 0.3) is 0 Å². The normalized spacial score (nSPS) is 45.0. The molecule has 82 valence electrons. The van der Waals surface area contributed by atoms with Crippen LogP contribution in [0.1, 0.15) is 52.4 Å². The van der Waals surface area contributed by atoms with Gasteiger partial charge in [-0.3, -0.25) is 0 Å². The molecule has 2 heteroatoms. The molecule has 0 radical (unpaired) electrons. The largest absolute Gasteiger partial charge is 0.370 e. The fraction of sp³-hybridized carbons (Fsp3) is 1.00. The Morgan fingerprint density at radius 1 is 0.714 bits per heavy atom.